The molecular weight excluding hydrogens is 267 g/mol. The van der Waals surface area contributed by atoms with Crippen molar-refractivity contribution in [3.8, 4) is 5.75 Å². The van der Waals surface area contributed by atoms with Crippen LogP contribution in [0.3, 0.4) is 0 Å². The molecule has 2 aromatic carbocycles. The summed E-state index contributed by atoms with van der Waals surface area (Å²) in [7, 11) is 1.73. The van der Waals surface area contributed by atoms with Crippen molar-refractivity contribution < 1.29 is 17.9 Å². The molecule has 20 heavy (non-hydrogen) atoms. The molecule has 0 heterocycles. The molecule has 0 saturated heterocycles. The minimum atomic E-state index is -0.654. The Morgan fingerprint density at radius 3 is 2.30 bits per heavy atom. The summed E-state index contributed by atoms with van der Waals surface area (Å²) in [6, 6.07) is 7.33. The monoisotopic (exact) mass is 281 g/mol. The van der Waals surface area contributed by atoms with Gasteiger partial charge in [0, 0.05) is 18.2 Å². The van der Waals surface area contributed by atoms with Crippen molar-refractivity contribution in [1.82, 2.24) is 5.32 Å². The molecule has 0 aliphatic rings. The number of ether oxygens (including phenoxy) is 1. The van der Waals surface area contributed by atoms with E-state index in [-0.39, 0.29) is 12.4 Å². The number of benzene rings is 2. The fourth-order valence-electron chi connectivity index (χ4n) is 1.87. The van der Waals surface area contributed by atoms with E-state index in [1.165, 1.54) is 30.3 Å². The molecule has 0 aliphatic heterocycles. The summed E-state index contributed by atoms with van der Waals surface area (Å²) < 4.78 is 44.8. The molecular formula is C15H14F3NO. The van der Waals surface area contributed by atoms with E-state index in [0.29, 0.717) is 23.4 Å². The van der Waals surface area contributed by atoms with Gasteiger partial charge in [0.1, 0.15) is 29.8 Å². The molecule has 0 atom stereocenters. The third-order valence-electron chi connectivity index (χ3n) is 2.71. The van der Waals surface area contributed by atoms with Crippen LogP contribution in [0.25, 0.3) is 0 Å². The summed E-state index contributed by atoms with van der Waals surface area (Å²) in [6.45, 7) is 0.446. The fourth-order valence-corrected chi connectivity index (χ4v) is 1.87. The van der Waals surface area contributed by atoms with Gasteiger partial charge in [0.2, 0.25) is 0 Å². The van der Waals surface area contributed by atoms with E-state index in [0.717, 1.165) is 6.07 Å². The molecule has 0 amide bonds. The van der Waals surface area contributed by atoms with Crippen molar-refractivity contribution in [2.45, 2.75) is 13.2 Å². The van der Waals surface area contributed by atoms with Crippen LogP contribution in [0, 0.1) is 17.5 Å². The number of rotatable bonds is 5. The van der Waals surface area contributed by atoms with Crippen molar-refractivity contribution >= 4 is 0 Å². The Labute approximate surface area is 115 Å². The molecule has 0 fully saturated rings. The molecule has 5 heteroatoms. The predicted molar refractivity (Wildman–Crippen MR) is 69.9 cm³/mol. The molecule has 0 radical (unpaired) electrons. The topological polar surface area (TPSA) is 21.3 Å². The standard InChI is InChI=1S/C15H14F3NO/c1-19-8-11-6-12(16)2-3-15(11)20-9-10-4-13(17)7-14(18)5-10/h2-7,19H,8-9H2,1H3. The van der Waals surface area contributed by atoms with E-state index in [4.69, 9.17) is 4.74 Å². The Kier molecular flexibility index (Phi) is 4.63. The highest BCUT2D eigenvalue weighted by molar-refractivity contribution is 5.34. The van der Waals surface area contributed by atoms with Gasteiger partial charge in [-0.3, -0.25) is 0 Å². The van der Waals surface area contributed by atoms with Crippen LogP contribution in [-0.2, 0) is 13.2 Å². The van der Waals surface area contributed by atoms with Crippen LogP contribution in [0.5, 0.6) is 5.75 Å². The summed E-state index contributed by atoms with van der Waals surface area (Å²) in [4.78, 5) is 0. The van der Waals surface area contributed by atoms with Gasteiger partial charge in [-0.1, -0.05) is 0 Å². The van der Waals surface area contributed by atoms with Crippen molar-refractivity contribution in [2.24, 2.45) is 0 Å². The first-order valence-electron chi connectivity index (χ1n) is 6.09. The van der Waals surface area contributed by atoms with Gasteiger partial charge < -0.3 is 10.1 Å². The van der Waals surface area contributed by atoms with Gasteiger partial charge in [-0.05, 0) is 42.9 Å². The number of hydrogen-bond donors (Lipinski definition) is 1. The summed E-state index contributed by atoms with van der Waals surface area (Å²) in [5, 5.41) is 2.90. The van der Waals surface area contributed by atoms with Crippen molar-refractivity contribution in [3.63, 3.8) is 0 Å². The average molecular weight is 281 g/mol. The largest absolute Gasteiger partial charge is 0.489 e. The summed E-state index contributed by atoms with van der Waals surface area (Å²) in [5.74, 6) is -1.19. The van der Waals surface area contributed by atoms with Crippen LogP contribution in [0.15, 0.2) is 36.4 Å². The lowest BCUT2D eigenvalue weighted by Gasteiger charge is -2.11. The SMILES string of the molecule is CNCc1cc(F)ccc1OCc1cc(F)cc(F)c1. The lowest BCUT2D eigenvalue weighted by Crippen LogP contribution is -2.08. The first-order chi connectivity index (χ1) is 9.58. The second-order valence-corrected chi connectivity index (χ2v) is 4.35. The Bertz CT molecular complexity index is 581. The third kappa shape index (κ3) is 3.74. The zero-order valence-electron chi connectivity index (χ0n) is 10.9. The Morgan fingerprint density at radius 1 is 0.950 bits per heavy atom. The molecule has 0 unspecified atom stereocenters. The van der Waals surface area contributed by atoms with E-state index < -0.39 is 11.6 Å². The van der Waals surface area contributed by atoms with Gasteiger partial charge in [0.15, 0.2) is 0 Å². The minimum absolute atomic E-state index is 0.0109. The molecule has 2 rings (SSSR count). The van der Waals surface area contributed by atoms with Gasteiger partial charge in [-0.25, -0.2) is 13.2 Å². The van der Waals surface area contributed by atoms with Crippen molar-refractivity contribution in [3.05, 3.63) is 65.0 Å². The van der Waals surface area contributed by atoms with Gasteiger partial charge in [-0.2, -0.15) is 0 Å². The van der Waals surface area contributed by atoms with E-state index in [2.05, 4.69) is 5.32 Å². The normalized spacial score (nSPS) is 10.6. The van der Waals surface area contributed by atoms with Gasteiger partial charge >= 0.3 is 0 Å². The first-order valence-corrected chi connectivity index (χ1v) is 6.09. The second kappa shape index (κ2) is 6.43. The molecule has 2 nitrogen and oxygen atoms in total. The molecule has 2 aromatic rings. The summed E-state index contributed by atoms with van der Waals surface area (Å²) >= 11 is 0. The van der Waals surface area contributed by atoms with Crippen LogP contribution in [0.4, 0.5) is 13.2 Å². The Morgan fingerprint density at radius 2 is 1.65 bits per heavy atom. The maximum absolute atomic E-state index is 13.2. The molecule has 0 aromatic heterocycles. The van der Waals surface area contributed by atoms with E-state index in [1.54, 1.807) is 7.05 Å². The zero-order chi connectivity index (χ0) is 14.5. The maximum atomic E-state index is 13.2. The number of halogens is 3. The maximum Gasteiger partial charge on any atom is 0.126 e. The average Bonchev–Trinajstić information content (AvgIpc) is 2.37. The van der Waals surface area contributed by atoms with E-state index in [9.17, 15) is 13.2 Å². The van der Waals surface area contributed by atoms with Crippen molar-refractivity contribution in [2.75, 3.05) is 7.05 Å². The van der Waals surface area contributed by atoms with E-state index in [1.807, 2.05) is 0 Å². The second-order valence-electron chi connectivity index (χ2n) is 4.35. The van der Waals surface area contributed by atoms with Crippen LogP contribution >= 0.6 is 0 Å². The Balaban J connectivity index is 2.13. The lowest BCUT2D eigenvalue weighted by atomic mass is 10.2. The number of hydrogen-bond acceptors (Lipinski definition) is 2. The molecule has 0 bridgehead atoms. The Hall–Kier alpha value is -2.01. The molecule has 1 N–H and O–H groups in total. The zero-order valence-corrected chi connectivity index (χ0v) is 10.9. The van der Waals surface area contributed by atoms with Crippen LogP contribution < -0.4 is 10.1 Å². The van der Waals surface area contributed by atoms with Crippen molar-refractivity contribution in [1.29, 1.82) is 0 Å². The lowest BCUT2D eigenvalue weighted by molar-refractivity contribution is 0.300. The highest BCUT2D eigenvalue weighted by atomic mass is 19.1. The minimum Gasteiger partial charge on any atom is -0.489 e. The van der Waals surface area contributed by atoms with Crippen LogP contribution in [0.1, 0.15) is 11.1 Å². The molecule has 106 valence electrons. The number of nitrogens with one attached hydrogen (secondary N) is 1. The smallest absolute Gasteiger partial charge is 0.126 e. The third-order valence-corrected chi connectivity index (χ3v) is 2.71. The first kappa shape index (κ1) is 14.4. The van der Waals surface area contributed by atoms with E-state index >= 15 is 0 Å². The summed E-state index contributed by atoms with van der Waals surface area (Å²) in [6.07, 6.45) is 0. The van der Waals surface area contributed by atoms with Gasteiger partial charge in [0.05, 0.1) is 0 Å². The summed E-state index contributed by atoms with van der Waals surface area (Å²) in [5.41, 5.74) is 1.02. The van der Waals surface area contributed by atoms with Gasteiger partial charge in [0.25, 0.3) is 0 Å². The van der Waals surface area contributed by atoms with Gasteiger partial charge in [-0.15, -0.1) is 0 Å². The van der Waals surface area contributed by atoms with Crippen LogP contribution in [0.2, 0.25) is 0 Å². The highest BCUT2D eigenvalue weighted by Crippen LogP contribution is 2.21. The predicted octanol–water partition coefficient (Wildman–Crippen LogP) is 3.40. The molecule has 0 spiro atoms. The molecule has 0 saturated carbocycles. The molecule has 0 aliphatic carbocycles. The van der Waals surface area contributed by atoms with Crippen LogP contribution in [-0.4, -0.2) is 7.05 Å². The quantitative estimate of drug-likeness (QED) is 0.907. The fraction of sp³-hybridized carbons (Fsp3) is 0.200. The highest BCUT2D eigenvalue weighted by Gasteiger charge is 2.06.